The third kappa shape index (κ3) is 3.56. The topological polar surface area (TPSA) is 52.3 Å². The number of Topliss-reactive ketones (excluding diaryl/α,β-unsaturated/α-hetero) is 1. The molecule has 0 amide bonds. The number of hydrogen-bond donors (Lipinski definition) is 1. The maximum Gasteiger partial charge on any atom is 0.182 e. The van der Waals surface area contributed by atoms with Crippen LogP contribution < -0.4 is 10.5 Å². The van der Waals surface area contributed by atoms with Crippen molar-refractivity contribution in [2.45, 2.75) is 39.2 Å². The largest absolute Gasteiger partial charge is 0.494 e. The SMILES string of the molecule is CCCC(C)(N)C(=O)c1cccc(OCC)c1. The molecule has 0 saturated heterocycles. The molecule has 0 aromatic heterocycles. The molecule has 1 aromatic carbocycles. The Bertz CT molecular complexity index is 386. The van der Waals surface area contributed by atoms with Gasteiger partial charge in [0.05, 0.1) is 12.1 Å². The zero-order chi connectivity index (χ0) is 12.9. The molecular formula is C14H21NO2. The molecule has 0 aliphatic carbocycles. The van der Waals surface area contributed by atoms with Crippen LogP contribution in [0.25, 0.3) is 0 Å². The van der Waals surface area contributed by atoms with E-state index in [1.807, 2.05) is 26.0 Å². The van der Waals surface area contributed by atoms with Gasteiger partial charge in [-0.15, -0.1) is 0 Å². The maximum atomic E-state index is 12.2. The van der Waals surface area contributed by atoms with E-state index in [1.165, 1.54) is 0 Å². The summed E-state index contributed by atoms with van der Waals surface area (Å²) in [7, 11) is 0. The number of nitrogens with two attached hydrogens (primary N) is 1. The van der Waals surface area contributed by atoms with Crippen molar-refractivity contribution in [3.8, 4) is 5.75 Å². The van der Waals surface area contributed by atoms with Gasteiger partial charge in [-0.25, -0.2) is 0 Å². The van der Waals surface area contributed by atoms with Gasteiger partial charge >= 0.3 is 0 Å². The standard InChI is InChI=1S/C14H21NO2/c1-4-9-14(3,15)13(16)11-7-6-8-12(10-11)17-5-2/h6-8,10H,4-5,9,15H2,1-3H3. The number of ketones is 1. The van der Waals surface area contributed by atoms with E-state index in [0.29, 0.717) is 24.3 Å². The fourth-order valence-corrected chi connectivity index (χ4v) is 1.86. The first kappa shape index (κ1) is 13.7. The van der Waals surface area contributed by atoms with E-state index in [-0.39, 0.29) is 5.78 Å². The van der Waals surface area contributed by atoms with Crippen molar-refractivity contribution in [3.63, 3.8) is 0 Å². The highest BCUT2D eigenvalue weighted by Gasteiger charge is 2.28. The van der Waals surface area contributed by atoms with E-state index in [9.17, 15) is 4.79 Å². The Kier molecular flexibility index (Phi) is 4.70. The molecule has 0 bridgehead atoms. The molecule has 0 saturated carbocycles. The second kappa shape index (κ2) is 5.82. The molecule has 1 unspecified atom stereocenters. The second-order valence-corrected chi connectivity index (χ2v) is 4.46. The Hall–Kier alpha value is -1.35. The van der Waals surface area contributed by atoms with Gasteiger partial charge in [0.15, 0.2) is 5.78 Å². The molecular weight excluding hydrogens is 214 g/mol. The summed E-state index contributed by atoms with van der Waals surface area (Å²) in [6.45, 7) is 6.31. The minimum Gasteiger partial charge on any atom is -0.494 e. The normalized spacial score (nSPS) is 14.1. The number of carbonyl (C=O) groups is 1. The predicted molar refractivity (Wildman–Crippen MR) is 69.4 cm³/mol. The molecule has 0 fully saturated rings. The predicted octanol–water partition coefficient (Wildman–Crippen LogP) is 2.79. The summed E-state index contributed by atoms with van der Waals surface area (Å²) >= 11 is 0. The van der Waals surface area contributed by atoms with Crippen LogP contribution in [0, 0.1) is 0 Å². The van der Waals surface area contributed by atoms with E-state index < -0.39 is 5.54 Å². The van der Waals surface area contributed by atoms with Crippen LogP contribution >= 0.6 is 0 Å². The van der Waals surface area contributed by atoms with Crippen LogP contribution in [0.4, 0.5) is 0 Å². The third-order valence-electron chi connectivity index (χ3n) is 2.70. The van der Waals surface area contributed by atoms with Crippen LogP contribution in [0.1, 0.15) is 44.0 Å². The highest BCUT2D eigenvalue weighted by molar-refractivity contribution is 6.03. The minimum absolute atomic E-state index is 0.0269. The van der Waals surface area contributed by atoms with Crippen molar-refractivity contribution in [1.82, 2.24) is 0 Å². The Morgan fingerprint density at radius 2 is 2.12 bits per heavy atom. The first-order chi connectivity index (χ1) is 8.01. The van der Waals surface area contributed by atoms with E-state index in [4.69, 9.17) is 10.5 Å². The van der Waals surface area contributed by atoms with Gasteiger partial charge in [-0.05, 0) is 32.4 Å². The zero-order valence-electron chi connectivity index (χ0n) is 10.8. The van der Waals surface area contributed by atoms with Crippen molar-refractivity contribution in [2.75, 3.05) is 6.61 Å². The Morgan fingerprint density at radius 3 is 2.71 bits per heavy atom. The molecule has 17 heavy (non-hydrogen) atoms. The summed E-state index contributed by atoms with van der Waals surface area (Å²) in [5, 5.41) is 0. The van der Waals surface area contributed by atoms with Crippen molar-refractivity contribution in [1.29, 1.82) is 0 Å². The van der Waals surface area contributed by atoms with Crippen LogP contribution in [0.3, 0.4) is 0 Å². The van der Waals surface area contributed by atoms with Gasteiger partial charge in [-0.3, -0.25) is 4.79 Å². The lowest BCUT2D eigenvalue weighted by atomic mass is 9.88. The molecule has 0 heterocycles. The van der Waals surface area contributed by atoms with E-state index >= 15 is 0 Å². The van der Waals surface area contributed by atoms with Crippen molar-refractivity contribution in [3.05, 3.63) is 29.8 Å². The fourth-order valence-electron chi connectivity index (χ4n) is 1.86. The van der Waals surface area contributed by atoms with Crippen LogP contribution in [0.15, 0.2) is 24.3 Å². The molecule has 3 nitrogen and oxygen atoms in total. The summed E-state index contributed by atoms with van der Waals surface area (Å²) in [6.07, 6.45) is 1.58. The lowest BCUT2D eigenvalue weighted by Crippen LogP contribution is -2.44. The van der Waals surface area contributed by atoms with Gasteiger partial charge in [0.1, 0.15) is 5.75 Å². The molecule has 1 aromatic rings. The van der Waals surface area contributed by atoms with Gasteiger partial charge in [0, 0.05) is 5.56 Å². The lowest BCUT2D eigenvalue weighted by Gasteiger charge is -2.22. The number of carbonyl (C=O) groups excluding carboxylic acids is 1. The summed E-state index contributed by atoms with van der Waals surface area (Å²) in [5.74, 6) is 0.687. The lowest BCUT2D eigenvalue weighted by molar-refractivity contribution is 0.0892. The second-order valence-electron chi connectivity index (χ2n) is 4.46. The fraction of sp³-hybridized carbons (Fsp3) is 0.500. The average molecular weight is 235 g/mol. The van der Waals surface area contributed by atoms with Gasteiger partial charge in [0.25, 0.3) is 0 Å². The van der Waals surface area contributed by atoms with Crippen LogP contribution in [0.5, 0.6) is 5.75 Å². The first-order valence-corrected chi connectivity index (χ1v) is 6.07. The van der Waals surface area contributed by atoms with Crippen LogP contribution in [-0.4, -0.2) is 17.9 Å². The third-order valence-corrected chi connectivity index (χ3v) is 2.70. The Balaban J connectivity index is 2.92. The Morgan fingerprint density at radius 1 is 1.41 bits per heavy atom. The molecule has 94 valence electrons. The molecule has 0 aliphatic heterocycles. The number of benzene rings is 1. The summed E-state index contributed by atoms with van der Waals surface area (Å²) in [4.78, 5) is 12.2. The summed E-state index contributed by atoms with van der Waals surface area (Å²) < 4.78 is 5.38. The van der Waals surface area contributed by atoms with Gasteiger partial charge < -0.3 is 10.5 Å². The van der Waals surface area contributed by atoms with Crippen molar-refractivity contribution in [2.24, 2.45) is 5.73 Å². The smallest absolute Gasteiger partial charge is 0.182 e. The summed E-state index contributed by atoms with van der Waals surface area (Å²) in [5.41, 5.74) is 5.86. The van der Waals surface area contributed by atoms with Crippen LogP contribution in [0.2, 0.25) is 0 Å². The zero-order valence-corrected chi connectivity index (χ0v) is 10.8. The minimum atomic E-state index is -0.792. The molecule has 0 aliphatic rings. The van der Waals surface area contributed by atoms with Crippen molar-refractivity contribution >= 4 is 5.78 Å². The van der Waals surface area contributed by atoms with Gasteiger partial charge in [-0.1, -0.05) is 25.5 Å². The van der Waals surface area contributed by atoms with Gasteiger partial charge in [0.2, 0.25) is 0 Å². The molecule has 0 radical (unpaired) electrons. The highest BCUT2D eigenvalue weighted by atomic mass is 16.5. The average Bonchev–Trinajstić information content (AvgIpc) is 2.29. The first-order valence-electron chi connectivity index (χ1n) is 6.07. The molecule has 1 rings (SSSR count). The van der Waals surface area contributed by atoms with Gasteiger partial charge in [-0.2, -0.15) is 0 Å². The van der Waals surface area contributed by atoms with E-state index in [1.54, 1.807) is 19.1 Å². The van der Waals surface area contributed by atoms with Crippen molar-refractivity contribution < 1.29 is 9.53 Å². The quantitative estimate of drug-likeness (QED) is 0.771. The number of ether oxygens (including phenoxy) is 1. The molecule has 1 atom stereocenters. The highest BCUT2D eigenvalue weighted by Crippen LogP contribution is 2.20. The number of hydrogen-bond acceptors (Lipinski definition) is 3. The van der Waals surface area contributed by atoms with E-state index in [0.717, 1.165) is 6.42 Å². The molecule has 3 heteroatoms. The molecule has 0 spiro atoms. The summed E-state index contributed by atoms with van der Waals surface area (Å²) in [6, 6.07) is 7.20. The monoisotopic (exact) mass is 235 g/mol. The van der Waals surface area contributed by atoms with Crippen LogP contribution in [-0.2, 0) is 0 Å². The number of rotatable bonds is 6. The van der Waals surface area contributed by atoms with E-state index in [2.05, 4.69) is 0 Å². The Labute approximate surface area is 103 Å². The molecule has 2 N–H and O–H groups in total. The maximum absolute atomic E-state index is 12.2.